The largest absolute Gasteiger partial charge is 0.673 e. The van der Waals surface area contributed by atoms with Gasteiger partial charge in [-0.25, -0.2) is 0 Å². The first-order valence-electron chi connectivity index (χ1n) is 4.08. The monoisotopic (exact) mass is 335 g/mol. The first-order chi connectivity index (χ1) is 6.83. The summed E-state index contributed by atoms with van der Waals surface area (Å²) in [5.41, 5.74) is 0. The molecular weight excluding hydrogens is 326 g/mol. The smallest absolute Gasteiger partial charge is 0.494 e. The van der Waals surface area contributed by atoms with Crippen molar-refractivity contribution in [3.63, 3.8) is 0 Å². The van der Waals surface area contributed by atoms with Crippen molar-refractivity contribution in [2.75, 3.05) is 6.61 Å². The van der Waals surface area contributed by atoms with Crippen LogP contribution in [0, 0.1) is 3.57 Å². The highest BCUT2D eigenvalue weighted by Crippen LogP contribution is 2.12. The van der Waals surface area contributed by atoms with Gasteiger partial charge >= 0.3 is 7.25 Å². The van der Waals surface area contributed by atoms with E-state index in [1.54, 1.807) is 0 Å². The Labute approximate surface area is 99.1 Å². The van der Waals surface area contributed by atoms with Gasteiger partial charge in [-0.15, -0.1) is 0 Å². The summed E-state index contributed by atoms with van der Waals surface area (Å²) in [6, 6.07) is 8.02. The van der Waals surface area contributed by atoms with Gasteiger partial charge in [-0.3, -0.25) is 0 Å². The number of halogens is 5. The third-order valence-corrected chi connectivity index (χ3v) is 1.84. The van der Waals surface area contributed by atoms with Crippen molar-refractivity contribution in [2.45, 2.75) is 6.92 Å². The summed E-state index contributed by atoms with van der Waals surface area (Å²) in [7, 11) is -6.00. The molecule has 0 amide bonds. The lowest BCUT2D eigenvalue weighted by Gasteiger charge is -2.00. The lowest BCUT2D eigenvalue weighted by Crippen LogP contribution is -2.02. The molecule has 7 heteroatoms. The second-order valence-corrected chi connectivity index (χ2v) is 3.63. The molecule has 1 aromatic rings. The molecule has 1 nitrogen and oxygen atoms in total. The van der Waals surface area contributed by atoms with Gasteiger partial charge in [-0.05, 0) is 53.8 Å². The lowest BCUT2D eigenvalue weighted by molar-refractivity contribution is 0.340. The zero-order chi connectivity index (χ0) is 11.9. The molecule has 15 heavy (non-hydrogen) atoms. The van der Waals surface area contributed by atoms with Gasteiger partial charge in [0.2, 0.25) is 0 Å². The highest BCUT2D eigenvalue weighted by molar-refractivity contribution is 14.1. The average Bonchev–Trinajstić information content (AvgIpc) is 2.06. The number of hydrogen-bond acceptors (Lipinski definition) is 1. The van der Waals surface area contributed by atoms with E-state index in [4.69, 9.17) is 4.74 Å². The standard InChI is InChI=1S/C8H9IO.BF4/c1-2-10-8-5-3-7(9)4-6-8;2-1(3,4)5/h3-6H,2H2,1H3;/q;-1. The zero-order valence-electron chi connectivity index (χ0n) is 7.89. The minimum atomic E-state index is -6.00. The molecule has 86 valence electrons. The van der Waals surface area contributed by atoms with E-state index in [2.05, 4.69) is 22.6 Å². The second kappa shape index (κ2) is 6.92. The summed E-state index contributed by atoms with van der Waals surface area (Å²) in [5.74, 6) is 0.947. The van der Waals surface area contributed by atoms with Crippen LogP contribution in [0.5, 0.6) is 5.75 Å². The van der Waals surface area contributed by atoms with Crippen LogP contribution in [-0.4, -0.2) is 13.9 Å². The van der Waals surface area contributed by atoms with E-state index >= 15 is 0 Å². The van der Waals surface area contributed by atoms with Crippen molar-refractivity contribution < 1.29 is 22.0 Å². The Morgan fingerprint density at radius 2 is 1.53 bits per heavy atom. The summed E-state index contributed by atoms with van der Waals surface area (Å²) in [5, 5.41) is 0. The maximum absolute atomic E-state index is 9.75. The molecule has 1 aromatic carbocycles. The van der Waals surface area contributed by atoms with Crippen molar-refractivity contribution in [1.82, 2.24) is 0 Å². The minimum absolute atomic E-state index is 0.737. The molecule has 0 spiro atoms. The Hall–Kier alpha value is -0.465. The van der Waals surface area contributed by atoms with Gasteiger partial charge in [0.15, 0.2) is 0 Å². The van der Waals surface area contributed by atoms with Gasteiger partial charge in [0.05, 0.1) is 6.61 Å². The summed E-state index contributed by atoms with van der Waals surface area (Å²) in [4.78, 5) is 0. The number of benzene rings is 1. The molecule has 0 saturated carbocycles. The Morgan fingerprint density at radius 1 is 1.13 bits per heavy atom. The van der Waals surface area contributed by atoms with E-state index in [1.807, 2.05) is 31.2 Å². The highest BCUT2D eigenvalue weighted by Gasteiger charge is 2.20. The molecular formula is C8H9BF4IO-. The van der Waals surface area contributed by atoms with Crippen molar-refractivity contribution in [3.05, 3.63) is 27.8 Å². The van der Waals surface area contributed by atoms with Gasteiger partial charge in [0, 0.05) is 3.57 Å². The van der Waals surface area contributed by atoms with Crippen LogP contribution in [0.1, 0.15) is 6.92 Å². The van der Waals surface area contributed by atoms with E-state index in [0.717, 1.165) is 12.4 Å². The fraction of sp³-hybridized carbons (Fsp3) is 0.250. The van der Waals surface area contributed by atoms with Crippen molar-refractivity contribution in [3.8, 4) is 5.75 Å². The number of rotatable bonds is 2. The molecule has 0 atom stereocenters. The number of hydrogen-bond donors (Lipinski definition) is 0. The maximum Gasteiger partial charge on any atom is 0.673 e. The Bertz CT molecular complexity index is 269. The van der Waals surface area contributed by atoms with Crippen LogP contribution < -0.4 is 4.74 Å². The molecule has 0 saturated heterocycles. The normalized spacial score (nSPS) is 10.3. The van der Waals surface area contributed by atoms with E-state index in [0.29, 0.717) is 0 Å². The molecule has 0 aliphatic carbocycles. The quantitative estimate of drug-likeness (QED) is 0.451. The zero-order valence-corrected chi connectivity index (χ0v) is 10.0. The fourth-order valence-electron chi connectivity index (χ4n) is 0.697. The third kappa shape index (κ3) is 11.5. The summed E-state index contributed by atoms with van der Waals surface area (Å²) >= 11 is 2.27. The molecule has 0 aliphatic rings. The molecule has 0 unspecified atom stereocenters. The molecule has 0 heterocycles. The topological polar surface area (TPSA) is 9.23 Å². The number of ether oxygens (including phenoxy) is 1. The van der Waals surface area contributed by atoms with E-state index < -0.39 is 7.25 Å². The summed E-state index contributed by atoms with van der Waals surface area (Å²) in [6.07, 6.45) is 0. The molecule has 1 rings (SSSR count). The van der Waals surface area contributed by atoms with Gasteiger partial charge in [0.25, 0.3) is 0 Å². The van der Waals surface area contributed by atoms with Crippen LogP contribution in [0.25, 0.3) is 0 Å². The highest BCUT2D eigenvalue weighted by atomic mass is 127. The van der Waals surface area contributed by atoms with Gasteiger partial charge in [-0.2, -0.15) is 0 Å². The second-order valence-electron chi connectivity index (χ2n) is 2.38. The maximum atomic E-state index is 9.75. The van der Waals surface area contributed by atoms with Crippen LogP contribution in [0.2, 0.25) is 0 Å². The van der Waals surface area contributed by atoms with E-state index in [1.165, 1.54) is 3.57 Å². The first-order valence-corrected chi connectivity index (χ1v) is 5.16. The van der Waals surface area contributed by atoms with E-state index in [-0.39, 0.29) is 0 Å². The van der Waals surface area contributed by atoms with Crippen LogP contribution in [-0.2, 0) is 0 Å². The predicted molar refractivity (Wildman–Crippen MR) is 60.5 cm³/mol. The summed E-state index contributed by atoms with van der Waals surface area (Å²) in [6.45, 7) is 2.72. The summed E-state index contributed by atoms with van der Waals surface area (Å²) < 4.78 is 45.5. The predicted octanol–water partition coefficient (Wildman–Crippen LogP) is 3.99. The molecule has 0 bridgehead atoms. The van der Waals surface area contributed by atoms with Gasteiger partial charge in [-0.1, -0.05) is 0 Å². The van der Waals surface area contributed by atoms with Gasteiger partial charge in [0.1, 0.15) is 5.75 Å². The third-order valence-electron chi connectivity index (χ3n) is 1.12. The van der Waals surface area contributed by atoms with Crippen molar-refractivity contribution >= 4 is 29.8 Å². The SMILES string of the molecule is CCOc1ccc(I)cc1.F[B-](F)(F)F. The van der Waals surface area contributed by atoms with Crippen molar-refractivity contribution in [1.29, 1.82) is 0 Å². The van der Waals surface area contributed by atoms with Crippen LogP contribution in [0.3, 0.4) is 0 Å². The fourth-order valence-corrected chi connectivity index (χ4v) is 1.06. The molecule has 0 fully saturated rings. The Kier molecular flexibility index (Phi) is 6.70. The van der Waals surface area contributed by atoms with Crippen LogP contribution >= 0.6 is 22.6 Å². The van der Waals surface area contributed by atoms with Crippen LogP contribution in [0.4, 0.5) is 17.3 Å². The Morgan fingerprint density at radius 3 is 1.87 bits per heavy atom. The Balaban J connectivity index is 0.000000336. The van der Waals surface area contributed by atoms with Crippen molar-refractivity contribution in [2.24, 2.45) is 0 Å². The van der Waals surface area contributed by atoms with E-state index in [9.17, 15) is 17.3 Å². The first kappa shape index (κ1) is 14.5. The molecule has 0 aromatic heterocycles. The average molecular weight is 335 g/mol. The van der Waals surface area contributed by atoms with Crippen LogP contribution in [0.15, 0.2) is 24.3 Å². The molecule has 0 N–H and O–H groups in total. The minimum Gasteiger partial charge on any atom is -0.494 e. The molecule has 0 aliphatic heterocycles. The lowest BCUT2D eigenvalue weighted by atomic mass is 10.3. The molecule has 0 radical (unpaired) electrons. The van der Waals surface area contributed by atoms with Gasteiger partial charge < -0.3 is 22.0 Å².